The van der Waals surface area contributed by atoms with E-state index in [0.717, 1.165) is 36.0 Å². The van der Waals surface area contributed by atoms with Crippen LogP contribution in [-0.4, -0.2) is 32.3 Å². The largest absolute Gasteiger partial charge is 0.449 e. The highest BCUT2D eigenvalue weighted by Gasteiger charge is 2.30. The molecule has 3 aromatic rings. The highest BCUT2D eigenvalue weighted by molar-refractivity contribution is 7.93. The van der Waals surface area contributed by atoms with Gasteiger partial charge in [-0.25, -0.2) is 8.42 Å². The number of furan rings is 1. The lowest BCUT2D eigenvalue weighted by atomic mass is 10.0. The van der Waals surface area contributed by atoms with Crippen molar-refractivity contribution in [1.29, 1.82) is 0 Å². The molecule has 2 aromatic carbocycles. The van der Waals surface area contributed by atoms with E-state index in [4.69, 9.17) is 4.42 Å². The number of rotatable bonds is 4. The molecule has 170 valence electrons. The second-order valence-corrected chi connectivity index (χ2v) is 10.4. The van der Waals surface area contributed by atoms with E-state index in [2.05, 4.69) is 4.72 Å². The second-order valence-electron chi connectivity index (χ2n) is 8.79. The van der Waals surface area contributed by atoms with Crippen molar-refractivity contribution in [3.05, 3.63) is 57.8 Å². The molecule has 6 nitrogen and oxygen atoms in total. The molecule has 1 fully saturated rings. The zero-order valence-corrected chi connectivity index (χ0v) is 20.1. The van der Waals surface area contributed by atoms with Crippen LogP contribution in [0.25, 0.3) is 11.0 Å². The van der Waals surface area contributed by atoms with Gasteiger partial charge in [-0.15, -0.1) is 0 Å². The lowest BCUT2D eigenvalue weighted by Gasteiger charge is -2.25. The standard InChI is InChI=1S/C25H30N2O4S/c1-15-10-9-11-21(17(15)3)26-32(29,30)24-18(4)16(2)14-20-19(5)22(31-23(20)24)25(28)27-12-7-6-8-13-27/h9-11,14,26H,6-8,12-13H2,1-5H3. The molecule has 0 aliphatic carbocycles. The fourth-order valence-corrected chi connectivity index (χ4v) is 5.94. The molecular formula is C25H30N2O4S. The molecule has 0 atom stereocenters. The summed E-state index contributed by atoms with van der Waals surface area (Å²) in [5, 5.41) is 0.662. The summed E-state index contributed by atoms with van der Waals surface area (Å²) in [5.74, 6) is 0.0645. The number of likely N-dealkylation sites (tertiary alicyclic amines) is 1. The Labute approximate surface area is 189 Å². The number of piperidine rings is 1. The number of sulfonamides is 1. The maximum absolute atomic E-state index is 13.6. The number of carbonyl (C=O) groups excluding carboxylic acids is 1. The Morgan fingerprint density at radius 1 is 0.938 bits per heavy atom. The van der Waals surface area contributed by atoms with Gasteiger partial charge in [-0.05, 0) is 88.3 Å². The van der Waals surface area contributed by atoms with Gasteiger partial charge < -0.3 is 9.32 Å². The van der Waals surface area contributed by atoms with Gasteiger partial charge in [-0.1, -0.05) is 12.1 Å². The minimum absolute atomic E-state index is 0.0919. The molecular weight excluding hydrogens is 424 g/mol. The number of hydrogen-bond donors (Lipinski definition) is 1. The maximum Gasteiger partial charge on any atom is 0.289 e. The Morgan fingerprint density at radius 2 is 1.62 bits per heavy atom. The highest BCUT2D eigenvalue weighted by Crippen LogP contribution is 2.36. The third kappa shape index (κ3) is 3.79. The Balaban J connectivity index is 1.86. The van der Waals surface area contributed by atoms with Crippen LogP contribution in [-0.2, 0) is 10.0 Å². The van der Waals surface area contributed by atoms with Gasteiger partial charge in [-0.2, -0.15) is 0 Å². The quantitative estimate of drug-likeness (QED) is 0.572. The van der Waals surface area contributed by atoms with E-state index in [1.807, 2.05) is 45.9 Å². The first kappa shape index (κ1) is 22.4. The van der Waals surface area contributed by atoms with Crippen molar-refractivity contribution in [3.63, 3.8) is 0 Å². The predicted octanol–water partition coefficient (Wildman–Crippen LogP) is 5.40. The van der Waals surface area contributed by atoms with Gasteiger partial charge in [0.1, 0.15) is 4.90 Å². The molecule has 2 heterocycles. The smallest absolute Gasteiger partial charge is 0.289 e. The van der Waals surface area contributed by atoms with E-state index in [9.17, 15) is 13.2 Å². The van der Waals surface area contributed by atoms with Crippen LogP contribution in [0.5, 0.6) is 0 Å². The van der Waals surface area contributed by atoms with Gasteiger partial charge in [-0.3, -0.25) is 9.52 Å². The summed E-state index contributed by atoms with van der Waals surface area (Å²) in [7, 11) is -3.96. The summed E-state index contributed by atoms with van der Waals surface area (Å²) in [6.07, 6.45) is 3.07. The Hall–Kier alpha value is -2.80. The van der Waals surface area contributed by atoms with Crippen LogP contribution in [0.4, 0.5) is 5.69 Å². The summed E-state index contributed by atoms with van der Waals surface area (Å²) in [6.45, 7) is 10.7. The SMILES string of the molecule is Cc1cccc(NS(=O)(=O)c2c(C)c(C)cc3c(C)c(C(=O)N4CCCCC4)oc23)c1C. The van der Waals surface area contributed by atoms with Gasteiger partial charge in [0, 0.05) is 24.0 Å². The van der Waals surface area contributed by atoms with Crippen molar-refractivity contribution in [1.82, 2.24) is 4.90 Å². The van der Waals surface area contributed by atoms with E-state index < -0.39 is 10.0 Å². The Bertz CT molecular complexity index is 1320. The molecule has 1 aliphatic heterocycles. The molecule has 7 heteroatoms. The number of aryl methyl sites for hydroxylation is 3. The van der Waals surface area contributed by atoms with Crippen molar-refractivity contribution in [3.8, 4) is 0 Å². The van der Waals surface area contributed by atoms with E-state index >= 15 is 0 Å². The third-order valence-electron chi connectivity index (χ3n) is 6.65. The minimum Gasteiger partial charge on any atom is -0.449 e. The zero-order valence-electron chi connectivity index (χ0n) is 19.3. The summed E-state index contributed by atoms with van der Waals surface area (Å²) in [4.78, 5) is 15.1. The molecule has 1 amide bonds. The van der Waals surface area contributed by atoms with Gasteiger partial charge in [0.05, 0.1) is 5.69 Å². The molecule has 1 saturated heterocycles. The van der Waals surface area contributed by atoms with E-state index in [0.29, 0.717) is 35.3 Å². The number of nitrogens with zero attached hydrogens (tertiary/aromatic N) is 1. The molecule has 32 heavy (non-hydrogen) atoms. The lowest BCUT2D eigenvalue weighted by molar-refractivity contribution is 0.0693. The minimum atomic E-state index is -3.96. The fraction of sp³-hybridized carbons (Fsp3) is 0.400. The van der Waals surface area contributed by atoms with Crippen LogP contribution >= 0.6 is 0 Å². The zero-order chi connectivity index (χ0) is 23.2. The number of carbonyl (C=O) groups is 1. The number of fused-ring (bicyclic) bond motifs is 1. The topological polar surface area (TPSA) is 79.6 Å². The first-order chi connectivity index (χ1) is 15.1. The Morgan fingerprint density at radius 3 is 2.31 bits per heavy atom. The van der Waals surface area contributed by atoms with Crippen molar-refractivity contribution in [2.75, 3.05) is 17.8 Å². The van der Waals surface area contributed by atoms with Gasteiger partial charge in [0.2, 0.25) is 0 Å². The van der Waals surface area contributed by atoms with Gasteiger partial charge in [0.15, 0.2) is 11.3 Å². The first-order valence-corrected chi connectivity index (χ1v) is 12.5. The number of amides is 1. The average Bonchev–Trinajstić information content (AvgIpc) is 3.07. The number of benzene rings is 2. The normalized spacial score (nSPS) is 14.7. The molecule has 1 aromatic heterocycles. The third-order valence-corrected chi connectivity index (χ3v) is 8.17. The second kappa shape index (κ2) is 8.28. The van der Waals surface area contributed by atoms with Crippen LogP contribution in [0.2, 0.25) is 0 Å². The molecule has 0 spiro atoms. The van der Waals surface area contributed by atoms with Crippen molar-refractivity contribution in [2.45, 2.75) is 58.8 Å². The molecule has 0 saturated carbocycles. The Kier molecular flexibility index (Phi) is 5.79. The average molecular weight is 455 g/mol. The van der Waals surface area contributed by atoms with Crippen LogP contribution in [0.15, 0.2) is 33.6 Å². The molecule has 0 unspecified atom stereocenters. The predicted molar refractivity (Wildman–Crippen MR) is 127 cm³/mol. The van der Waals surface area contributed by atoms with Crippen LogP contribution in [0.1, 0.15) is 57.6 Å². The van der Waals surface area contributed by atoms with Crippen molar-refractivity contribution in [2.24, 2.45) is 0 Å². The van der Waals surface area contributed by atoms with Gasteiger partial charge in [0.25, 0.3) is 15.9 Å². The molecule has 1 N–H and O–H groups in total. The van der Waals surface area contributed by atoms with Crippen LogP contribution in [0, 0.1) is 34.6 Å². The monoisotopic (exact) mass is 454 g/mol. The summed E-state index contributed by atoms with van der Waals surface area (Å²) in [5.41, 5.74) is 4.77. The molecule has 4 rings (SSSR count). The highest BCUT2D eigenvalue weighted by atomic mass is 32.2. The van der Waals surface area contributed by atoms with E-state index in [1.165, 1.54) is 0 Å². The van der Waals surface area contributed by atoms with Crippen LogP contribution < -0.4 is 4.72 Å². The number of hydrogen-bond acceptors (Lipinski definition) is 4. The van der Waals surface area contributed by atoms with Crippen LogP contribution in [0.3, 0.4) is 0 Å². The summed E-state index contributed by atoms with van der Waals surface area (Å²) >= 11 is 0. The van der Waals surface area contributed by atoms with Gasteiger partial charge >= 0.3 is 0 Å². The number of nitrogens with one attached hydrogen (secondary N) is 1. The van der Waals surface area contributed by atoms with E-state index in [-0.39, 0.29) is 22.1 Å². The molecule has 1 aliphatic rings. The maximum atomic E-state index is 13.6. The summed E-state index contributed by atoms with van der Waals surface area (Å²) in [6, 6.07) is 7.43. The van der Waals surface area contributed by atoms with E-state index in [1.54, 1.807) is 17.9 Å². The summed E-state index contributed by atoms with van der Waals surface area (Å²) < 4.78 is 35.9. The number of anilines is 1. The fourth-order valence-electron chi connectivity index (χ4n) is 4.37. The van der Waals surface area contributed by atoms with Crippen molar-refractivity contribution < 1.29 is 17.6 Å². The molecule has 0 bridgehead atoms. The first-order valence-electron chi connectivity index (χ1n) is 11.0. The lowest BCUT2D eigenvalue weighted by Crippen LogP contribution is -2.35. The molecule has 0 radical (unpaired) electrons. The van der Waals surface area contributed by atoms with Crippen molar-refractivity contribution >= 4 is 32.6 Å².